The van der Waals surface area contributed by atoms with Crippen molar-refractivity contribution in [1.29, 1.82) is 0 Å². The van der Waals surface area contributed by atoms with Crippen LogP contribution >= 0.6 is 0 Å². The van der Waals surface area contributed by atoms with Gasteiger partial charge in [0.1, 0.15) is 0 Å². The number of ether oxygens (including phenoxy) is 2. The van der Waals surface area contributed by atoms with Crippen LogP contribution in [0.15, 0.2) is 54.6 Å². The molecule has 0 radical (unpaired) electrons. The van der Waals surface area contributed by atoms with Crippen LogP contribution in [0.2, 0.25) is 0 Å². The maximum atomic E-state index is 13.1. The smallest absolute Gasteiger partial charge is 0.357 e. The summed E-state index contributed by atoms with van der Waals surface area (Å²) in [6.45, 7) is 10.2. The Kier molecular flexibility index (Phi) is 8.16. The van der Waals surface area contributed by atoms with Crippen molar-refractivity contribution in [3.8, 4) is 16.8 Å². The van der Waals surface area contributed by atoms with E-state index in [1.807, 2.05) is 17.7 Å². The first-order valence-corrected chi connectivity index (χ1v) is 15.3. The van der Waals surface area contributed by atoms with Crippen molar-refractivity contribution in [2.75, 3.05) is 49.8 Å². The summed E-state index contributed by atoms with van der Waals surface area (Å²) in [5.74, 6) is -0.273. The maximum Gasteiger partial charge on any atom is 0.357 e. The summed E-state index contributed by atoms with van der Waals surface area (Å²) < 4.78 is 12.9. The van der Waals surface area contributed by atoms with Gasteiger partial charge in [0.15, 0.2) is 11.3 Å². The van der Waals surface area contributed by atoms with E-state index in [0.29, 0.717) is 11.7 Å². The summed E-state index contributed by atoms with van der Waals surface area (Å²) in [6, 6.07) is 19.4. The first-order valence-electron chi connectivity index (χ1n) is 15.3. The van der Waals surface area contributed by atoms with E-state index in [9.17, 15) is 4.79 Å². The van der Waals surface area contributed by atoms with Crippen LogP contribution in [0.4, 0.5) is 11.4 Å². The van der Waals surface area contributed by atoms with Gasteiger partial charge in [0.2, 0.25) is 0 Å². The van der Waals surface area contributed by atoms with Gasteiger partial charge < -0.3 is 19.3 Å². The van der Waals surface area contributed by atoms with Crippen LogP contribution in [0.25, 0.3) is 27.8 Å². The van der Waals surface area contributed by atoms with Gasteiger partial charge >= 0.3 is 5.97 Å². The van der Waals surface area contributed by atoms with Gasteiger partial charge in [-0.05, 0) is 86.1 Å². The lowest BCUT2D eigenvalue weighted by Gasteiger charge is -2.33. The molecule has 2 aliphatic heterocycles. The van der Waals surface area contributed by atoms with Gasteiger partial charge in [0, 0.05) is 50.8 Å². The number of nitrogens with zero attached hydrogens (tertiary/aromatic N) is 5. The minimum absolute atomic E-state index is 0.156. The molecule has 8 heteroatoms. The molecule has 4 heterocycles. The highest BCUT2D eigenvalue weighted by atomic mass is 16.5. The lowest BCUT2D eigenvalue weighted by molar-refractivity contribution is 0.0520. The number of anilines is 2. The molecule has 0 spiro atoms. The maximum absolute atomic E-state index is 13.1. The van der Waals surface area contributed by atoms with Gasteiger partial charge in [0.25, 0.3) is 0 Å². The summed E-state index contributed by atoms with van der Waals surface area (Å²) in [5, 5.41) is 6.10. The molecule has 0 bridgehead atoms. The van der Waals surface area contributed by atoms with Gasteiger partial charge in [-0.1, -0.05) is 32.0 Å². The molecule has 2 aromatic carbocycles. The highest BCUT2D eigenvalue weighted by Gasteiger charge is 2.25. The fourth-order valence-corrected chi connectivity index (χ4v) is 6.22. The quantitative estimate of drug-likeness (QED) is 0.222. The lowest BCUT2D eigenvalue weighted by atomic mass is 9.97. The minimum atomic E-state index is -0.429. The van der Waals surface area contributed by atoms with Gasteiger partial charge in [-0.25, -0.2) is 14.5 Å². The molecule has 2 fully saturated rings. The van der Waals surface area contributed by atoms with E-state index in [2.05, 4.69) is 79.2 Å². The molecule has 220 valence electrons. The predicted octanol–water partition coefficient (Wildman–Crippen LogP) is 6.60. The normalized spacial score (nSPS) is 16.0. The molecular formula is C34H41N5O3. The van der Waals surface area contributed by atoms with Crippen LogP contribution < -0.4 is 9.80 Å². The van der Waals surface area contributed by atoms with Crippen molar-refractivity contribution in [1.82, 2.24) is 14.8 Å². The Bertz CT molecular complexity index is 1550. The van der Waals surface area contributed by atoms with Crippen LogP contribution in [-0.4, -0.2) is 66.7 Å². The van der Waals surface area contributed by atoms with Crippen molar-refractivity contribution in [2.45, 2.75) is 58.4 Å². The number of fused-ring (bicyclic) bond motifs is 1. The van der Waals surface area contributed by atoms with Crippen molar-refractivity contribution >= 4 is 28.4 Å². The second-order valence-corrected chi connectivity index (χ2v) is 11.6. The molecule has 42 heavy (non-hydrogen) atoms. The highest BCUT2D eigenvalue weighted by Crippen LogP contribution is 2.37. The average Bonchev–Trinajstić information content (AvgIpc) is 3.70. The minimum Gasteiger partial charge on any atom is -0.461 e. The predicted molar refractivity (Wildman–Crippen MR) is 168 cm³/mol. The summed E-state index contributed by atoms with van der Waals surface area (Å²) in [4.78, 5) is 22.7. The largest absolute Gasteiger partial charge is 0.461 e. The SMILES string of the molecule is CCOC(=O)c1cc(-c2ccc(N(C)C3CCOCC3)cc2)c2c(C(C)C)nn(-c3cccc(N4CCCC4)c3)c2n1. The highest BCUT2D eigenvalue weighted by molar-refractivity contribution is 6.00. The van der Waals surface area contributed by atoms with Crippen LogP contribution in [-0.2, 0) is 9.47 Å². The molecule has 4 aromatic rings. The Morgan fingerprint density at radius 1 is 1.05 bits per heavy atom. The Balaban J connectivity index is 1.48. The fourth-order valence-electron chi connectivity index (χ4n) is 6.22. The number of pyridine rings is 1. The Labute approximate surface area is 248 Å². The molecule has 2 aromatic heterocycles. The molecule has 0 saturated carbocycles. The van der Waals surface area contributed by atoms with Crippen molar-refractivity contribution in [2.24, 2.45) is 0 Å². The summed E-state index contributed by atoms with van der Waals surface area (Å²) >= 11 is 0. The van der Waals surface area contributed by atoms with E-state index in [1.165, 1.54) is 24.2 Å². The van der Waals surface area contributed by atoms with E-state index >= 15 is 0 Å². The summed E-state index contributed by atoms with van der Waals surface area (Å²) in [6.07, 6.45) is 4.48. The molecule has 0 unspecified atom stereocenters. The number of hydrogen-bond acceptors (Lipinski definition) is 7. The molecule has 2 saturated heterocycles. The van der Waals surface area contributed by atoms with E-state index < -0.39 is 5.97 Å². The van der Waals surface area contributed by atoms with Gasteiger partial charge in [-0.15, -0.1) is 0 Å². The summed E-state index contributed by atoms with van der Waals surface area (Å²) in [5.41, 5.74) is 7.15. The molecule has 8 nitrogen and oxygen atoms in total. The standard InChI is InChI=1S/C34H41N5O3/c1-5-42-34(40)30-22-29(24-11-13-25(14-12-24)37(4)26-15-19-41-20-16-26)31-32(23(2)3)36-39(33(31)35-30)28-10-8-9-27(21-28)38-17-6-7-18-38/h8-14,21-23,26H,5-7,15-20H2,1-4H3. The molecule has 2 aliphatic rings. The molecule has 0 amide bonds. The molecule has 0 aliphatic carbocycles. The van der Waals surface area contributed by atoms with Gasteiger partial charge in [0.05, 0.1) is 23.4 Å². The zero-order valence-corrected chi connectivity index (χ0v) is 25.2. The Morgan fingerprint density at radius 3 is 2.45 bits per heavy atom. The Morgan fingerprint density at radius 2 is 1.76 bits per heavy atom. The number of hydrogen-bond donors (Lipinski definition) is 0. The van der Waals surface area contributed by atoms with Crippen LogP contribution in [0.3, 0.4) is 0 Å². The van der Waals surface area contributed by atoms with E-state index in [1.54, 1.807) is 0 Å². The third-order valence-electron chi connectivity index (χ3n) is 8.57. The first kappa shape index (κ1) is 28.2. The third-order valence-corrected chi connectivity index (χ3v) is 8.57. The van der Waals surface area contributed by atoms with Crippen molar-refractivity contribution in [3.63, 3.8) is 0 Å². The zero-order chi connectivity index (χ0) is 29.2. The number of esters is 1. The molecular weight excluding hydrogens is 526 g/mol. The van der Waals surface area contributed by atoms with E-state index in [4.69, 9.17) is 19.6 Å². The fraction of sp³-hybridized carbons (Fsp3) is 0.441. The van der Waals surface area contributed by atoms with Crippen molar-refractivity contribution < 1.29 is 14.3 Å². The number of rotatable bonds is 8. The van der Waals surface area contributed by atoms with E-state index in [0.717, 1.165) is 67.0 Å². The first-order chi connectivity index (χ1) is 20.4. The van der Waals surface area contributed by atoms with E-state index in [-0.39, 0.29) is 18.2 Å². The molecule has 6 rings (SSSR count). The van der Waals surface area contributed by atoms with Crippen molar-refractivity contribution in [3.05, 3.63) is 66.0 Å². The van der Waals surface area contributed by atoms with Gasteiger partial charge in [-0.3, -0.25) is 0 Å². The summed E-state index contributed by atoms with van der Waals surface area (Å²) in [7, 11) is 2.16. The second kappa shape index (κ2) is 12.1. The number of aromatic nitrogens is 3. The van der Waals surface area contributed by atoms with Gasteiger partial charge in [-0.2, -0.15) is 5.10 Å². The van der Waals surface area contributed by atoms with Crippen LogP contribution in [0, 0.1) is 0 Å². The molecule has 0 N–H and O–H groups in total. The Hall–Kier alpha value is -3.91. The monoisotopic (exact) mass is 567 g/mol. The average molecular weight is 568 g/mol. The van der Waals surface area contributed by atoms with Crippen LogP contribution in [0.1, 0.15) is 68.6 Å². The molecule has 0 atom stereocenters. The number of carbonyl (C=O) groups is 1. The zero-order valence-electron chi connectivity index (χ0n) is 25.2. The third kappa shape index (κ3) is 5.48. The topological polar surface area (TPSA) is 72.7 Å². The number of benzene rings is 2. The van der Waals surface area contributed by atoms with Crippen LogP contribution in [0.5, 0.6) is 0 Å². The second-order valence-electron chi connectivity index (χ2n) is 11.6. The number of carbonyl (C=O) groups excluding carboxylic acids is 1. The lowest BCUT2D eigenvalue weighted by Crippen LogP contribution is -2.36.